The predicted octanol–water partition coefficient (Wildman–Crippen LogP) is -2.13. The van der Waals surface area contributed by atoms with E-state index < -0.39 is 111 Å². The second kappa shape index (κ2) is 39.8. The van der Waals surface area contributed by atoms with E-state index >= 15 is 0 Å². The zero-order chi connectivity index (χ0) is 50.6. The molecule has 18 atom stereocenters. The fourth-order valence-corrected chi connectivity index (χ4v) is 6.50. The molecule has 22 nitrogen and oxygen atoms in total. The summed E-state index contributed by atoms with van der Waals surface area (Å²) in [6.07, 6.45) is -3.63. The largest absolute Gasteiger partial charge is 0.462 e. The number of aliphatic hydroxyl groups excluding tert-OH is 8. The summed E-state index contributed by atoms with van der Waals surface area (Å²) in [7, 11) is 12.3. The average molecular weight is 971 g/mol. The van der Waals surface area contributed by atoms with Crippen molar-refractivity contribution >= 4 is 9.24 Å². The summed E-state index contributed by atoms with van der Waals surface area (Å²) < 4.78 is 82.0. The Kier molecular flexibility index (Phi) is 39.2. The van der Waals surface area contributed by atoms with Crippen LogP contribution < -0.4 is 0 Å². The number of hydrogen-bond acceptors (Lipinski definition) is 22. The fourth-order valence-electron chi connectivity index (χ4n) is 6.50. The van der Waals surface area contributed by atoms with Gasteiger partial charge >= 0.3 is 0 Å². The van der Waals surface area contributed by atoms with Gasteiger partial charge in [-0.1, -0.05) is 12.3 Å². The molecule has 9 unspecified atom stereocenters. The van der Waals surface area contributed by atoms with Crippen LogP contribution in [0.1, 0.15) is 20.8 Å². The Morgan fingerprint density at radius 2 is 1.11 bits per heavy atom. The molecule has 0 saturated carbocycles. The van der Waals surface area contributed by atoms with E-state index in [9.17, 15) is 20.4 Å². The van der Waals surface area contributed by atoms with Crippen molar-refractivity contribution < 1.29 is 107 Å². The Balaban J connectivity index is 0. The first kappa shape index (κ1) is 65.0. The van der Waals surface area contributed by atoms with Gasteiger partial charge in [-0.3, -0.25) is 0 Å². The van der Waals surface area contributed by atoms with E-state index in [0.717, 1.165) is 0 Å². The van der Waals surface area contributed by atoms with Crippen molar-refractivity contribution in [2.45, 2.75) is 125 Å². The van der Waals surface area contributed by atoms with E-state index in [1.807, 2.05) is 5.92 Å². The van der Waals surface area contributed by atoms with Crippen LogP contribution in [-0.4, -0.2) is 234 Å². The highest BCUT2D eigenvalue weighted by atomic mass is 31.0. The standard InChI is InChI=1S/C31H58O18.C6H2O.C3H4O.C2H2O.CH5OP/c1-15(33)11-43-26-20(34)22(48-31-28(44-16(2)12-36-3)27(41-8)23(39-6)17(10-32)45-31)18(13-37-4)47-30(26)49-24-19(14-38-5)46-29(42-9)21(35)25(24)40-7;1-2-3-4-5-6-7;1-2-3-4;1-2-3;2-1-3/h15-35H,10-14H2,1-9H3;1,7H;4H,1H3;1,3H;2H,1,3H2/t15?,16?,17-,18?,19-,20?,21?,22+,23+,24+,25?,26-,27?,28?,29+,30-,31-;;;;/m0..../s1. The van der Waals surface area contributed by atoms with E-state index in [0.29, 0.717) is 0 Å². The first-order chi connectivity index (χ1) is 31.7. The highest BCUT2D eigenvalue weighted by Gasteiger charge is 2.55. The molecule has 66 heavy (non-hydrogen) atoms. The maximum absolute atomic E-state index is 12.0. The Bertz CT molecular complexity index is 1490. The van der Waals surface area contributed by atoms with Crippen LogP contribution in [0.5, 0.6) is 0 Å². The molecule has 3 fully saturated rings. The molecule has 380 valence electrons. The zero-order valence-corrected chi connectivity index (χ0v) is 40.2. The van der Waals surface area contributed by atoms with Gasteiger partial charge < -0.3 is 107 Å². The van der Waals surface area contributed by atoms with Gasteiger partial charge in [-0.15, -0.1) is 15.7 Å². The lowest BCUT2D eigenvalue weighted by molar-refractivity contribution is -0.387. The Morgan fingerprint density at radius 1 is 0.606 bits per heavy atom. The van der Waals surface area contributed by atoms with Crippen molar-refractivity contribution in [2.24, 2.45) is 0 Å². The molecule has 0 aromatic rings. The number of rotatable bonds is 20. The Labute approximate surface area is 390 Å². The monoisotopic (exact) mass is 970 g/mol. The zero-order valence-electron chi connectivity index (χ0n) is 39.1. The molecule has 0 radical (unpaired) electrons. The second-order valence-corrected chi connectivity index (χ2v) is 13.9. The summed E-state index contributed by atoms with van der Waals surface area (Å²) in [6, 6.07) is 0. The van der Waals surface area contributed by atoms with Gasteiger partial charge in [-0.05, 0) is 25.7 Å². The van der Waals surface area contributed by atoms with Crippen LogP contribution in [0, 0.1) is 60.8 Å². The third-order valence-electron chi connectivity index (χ3n) is 8.98. The van der Waals surface area contributed by atoms with Gasteiger partial charge in [-0.25, -0.2) is 0 Å². The molecule has 0 aliphatic carbocycles. The minimum absolute atomic E-state index is 0.0376. The van der Waals surface area contributed by atoms with E-state index in [2.05, 4.69) is 39.3 Å². The molecule has 0 aromatic heterocycles. The van der Waals surface area contributed by atoms with Crippen molar-refractivity contribution in [3.8, 4) is 60.8 Å². The molecule has 3 aliphatic heterocycles. The van der Waals surface area contributed by atoms with Crippen LogP contribution in [0.15, 0.2) is 0 Å². The molecule has 3 rings (SSSR count). The summed E-state index contributed by atoms with van der Waals surface area (Å²) in [4.78, 5) is 0. The Hall–Kier alpha value is -3.13. The van der Waals surface area contributed by atoms with Gasteiger partial charge in [0.25, 0.3) is 0 Å². The van der Waals surface area contributed by atoms with Crippen molar-refractivity contribution in [3.63, 3.8) is 0 Å². The lowest BCUT2D eigenvalue weighted by atomic mass is 9.95. The first-order valence-corrected chi connectivity index (χ1v) is 20.8. The van der Waals surface area contributed by atoms with Crippen molar-refractivity contribution in [1.82, 2.24) is 0 Å². The Morgan fingerprint density at radius 3 is 1.55 bits per heavy atom. The van der Waals surface area contributed by atoms with E-state index in [1.54, 1.807) is 26.1 Å². The van der Waals surface area contributed by atoms with Gasteiger partial charge in [0.05, 0.1) is 51.6 Å². The van der Waals surface area contributed by atoms with Gasteiger partial charge in [0, 0.05) is 68.5 Å². The molecule has 3 saturated heterocycles. The topological polar surface area (TPSA) is 291 Å². The average Bonchev–Trinajstić information content (AvgIpc) is 3.29. The minimum atomic E-state index is -1.48. The van der Waals surface area contributed by atoms with Crippen LogP contribution in [0.25, 0.3) is 0 Å². The van der Waals surface area contributed by atoms with E-state index in [4.69, 9.17) is 93.2 Å². The van der Waals surface area contributed by atoms with Crippen LogP contribution in [0.3, 0.4) is 0 Å². The molecule has 0 amide bonds. The van der Waals surface area contributed by atoms with Crippen molar-refractivity contribution in [1.29, 1.82) is 0 Å². The molecule has 23 heteroatoms. The summed E-state index contributed by atoms with van der Waals surface area (Å²) in [5.74, 6) is 10.7. The van der Waals surface area contributed by atoms with Crippen LogP contribution >= 0.6 is 9.24 Å². The van der Waals surface area contributed by atoms with Crippen LogP contribution in [0.4, 0.5) is 0 Å². The van der Waals surface area contributed by atoms with Crippen molar-refractivity contribution in [3.05, 3.63) is 0 Å². The molecule has 3 heterocycles. The quantitative estimate of drug-likeness (QED) is 0.0478. The fraction of sp³-hybridized carbons (Fsp3) is 0.767. The number of aliphatic hydroxyl groups is 8. The smallest absolute Gasteiger partial charge is 0.187 e. The summed E-state index contributed by atoms with van der Waals surface area (Å²) in [6.45, 7) is 4.46. The maximum Gasteiger partial charge on any atom is 0.187 e. The number of methoxy groups -OCH3 is 7. The predicted molar refractivity (Wildman–Crippen MR) is 235 cm³/mol. The maximum atomic E-state index is 12.0. The van der Waals surface area contributed by atoms with Gasteiger partial charge in [0.1, 0.15) is 91.6 Å². The number of terminal acetylenes is 2. The van der Waals surface area contributed by atoms with E-state index in [-0.39, 0.29) is 32.8 Å². The van der Waals surface area contributed by atoms with Gasteiger partial charge in [0.15, 0.2) is 18.9 Å². The first-order valence-electron chi connectivity index (χ1n) is 20.0. The normalized spacial score (nSPS) is 31.7. The molecular formula is C43H71O22P. The van der Waals surface area contributed by atoms with Crippen LogP contribution in [-0.2, 0) is 66.3 Å². The van der Waals surface area contributed by atoms with E-state index in [1.165, 1.54) is 62.8 Å². The minimum Gasteiger partial charge on any atom is -0.462 e. The molecule has 8 N–H and O–H groups in total. The summed E-state index contributed by atoms with van der Waals surface area (Å²) in [5, 5.41) is 73.1. The van der Waals surface area contributed by atoms with Crippen molar-refractivity contribution in [2.75, 3.05) is 89.2 Å². The second-order valence-electron chi connectivity index (χ2n) is 13.6. The molecule has 0 spiro atoms. The molecule has 0 aromatic carbocycles. The molecule has 3 aliphatic rings. The third-order valence-corrected chi connectivity index (χ3v) is 8.98. The highest BCUT2D eigenvalue weighted by molar-refractivity contribution is 7.16. The lowest BCUT2D eigenvalue weighted by Crippen LogP contribution is -2.68. The van der Waals surface area contributed by atoms with Crippen LogP contribution in [0.2, 0.25) is 0 Å². The van der Waals surface area contributed by atoms with Gasteiger partial charge in [0.2, 0.25) is 0 Å². The van der Waals surface area contributed by atoms with Gasteiger partial charge in [-0.2, -0.15) is 0 Å². The third kappa shape index (κ3) is 22.8. The number of hydrogen-bond donors (Lipinski definition) is 8. The molecule has 0 bridgehead atoms. The number of ether oxygens (including phenoxy) is 14. The molecular weight excluding hydrogens is 899 g/mol. The summed E-state index contributed by atoms with van der Waals surface area (Å²) >= 11 is 0. The summed E-state index contributed by atoms with van der Waals surface area (Å²) in [5.41, 5.74) is 0. The lowest BCUT2D eigenvalue weighted by Gasteiger charge is -2.50. The highest BCUT2D eigenvalue weighted by Crippen LogP contribution is 2.36. The SMILES string of the molecule is C#CC#CC#CO.C#CO.CC#CO.COCC(C)OC1C(OC)[C@H](OC)[C@H](CO)O[C@H]1O[C@@H]1C(COC)O[C@@H](O[C@H]2C(OC)C(O)[C@H](OC)O[C@H]2COC)[C@@H](OCC(C)O)C1O.OCP.